The van der Waals surface area contributed by atoms with Crippen LogP contribution >= 0.6 is 0 Å². The van der Waals surface area contributed by atoms with E-state index in [0.29, 0.717) is 0 Å². The van der Waals surface area contributed by atoms with Gasteiger partial charge in [-0.05, 0) is 65.3 Å². The Morgan fingerprint density at radius 2 is 1.70 bits per heavy atom. The minimum atomic E-state index is 0.733. The van der Waals surface area contributed by atoms with Gasteiger partial charge in [0.25, 0.3) is 0 Å². The average Bonchev–Trinajstić information content (AvgIpc) is 2.48. The molecule has 0 bridgehead atoms. The van der Waals surface area contributed by atoms with E-state index in [1.165, 1.54) is 64.6 Å². The quantitative estimate of drug-likeness (QED) is 0.807. The highest BCUT2D eigenvalue weighted by atomic mass is 15.2. The molecule has 0 radical (unpaired) electrons. The number of hydrogen-bond acceptors (Lipinski definition) is 3. The maximum Gasteiger partial charge on any atom is 0.0223 e. The van der Waals surface area contributed by atoms with Gasteiger partial charge in [0.15, 0.2) is 0 Å². The van der Waals surface area contributed by atoms with Crippen LogP contribution in [0.15, 0.2) is 0 Å². The number of nitrogens with zero attached hydrogens (tertiary/aromatic N) is 2. The number of nitrogens with one attached hydrogen (secondary N) is 1. The normalized spacial score (nSPS) is 25.2. The predicted octanol–water partition coefficient (Wildman–Crippen LogP) is 2.57. The molecule has 3 nitrogen and oxygen atoms in total. The highest BCUT2D eigenvalue weighted by Crippen LogP contribution is 2.27. The summed E-state index contributed by atoms with van der Waals surface area (Å²) in [7, 11) is 4.45. The van der Waals surface area contributed by atoms with Gasteiger partial charge in [-0.25, -0.2) is 0 Å². The molecule has 0 aromatic carbocycles. The van der Waals surface area contributed by atoms with E-state index in [1.54, 1.807) is 0 Å². The first kappa shape index (κ1) is 16.3. The maximum atomic E-state index is 3.78. The van der Waals surface area contributed by atoms with Gasteiger partial charge < -0.3 is 15.1 Å². The van der Waals surface area contributed by atoms with Gasteiger partial charge in [0.05, 0.1) is 0 Å². The van der Waals surface area contributed by atoms with Crippen LogP contribution in [0.5, 0.6) is 0 Å². The Morgan fingerprint density at radius 1 is 1.05 bits per heavy atom. The molecule has 2 fully saturated rings. The predicted molar refractivity (Wildman–Crippen MR) is 87.2 cm³/mol. The van der Waals surface area contributed by atoms with E-state index in [9.17, 15) is 0 Å². The summed E-state index contributed by atoms with van der Waals surface area (Å²) in [5, 5.41) is 3.78. The van der Waals surface area contributed by atoms with E-state index in [0.717, 1.165) is 24.5 Å². The maximum absolute atomic E-state index is 3.78. The minimum Gasteiger partial charge on any atom is -0.313 e. The zero-order valence-electron chi connectivity index (χ0n) is 13.9. The number of hydrogen-bond donors (Lipinski definition) is 1. The topological polar surface area (TPSA) is 18.5 Å². The van der Waals surface area contributed by atoms with Crippen molar-refractivity contribution in [3.8, 4) is 0 Å². The third-order valence-electron chi connectivity index (χ3n) is 5.43. The molecule has 1 atom stereocenters. The molecule has 118 valence electrons. The zero-order chi connectivity index (χ0) is 14.4. The molecule has 20 heavy (non-hydrogen) atoms. The Labute approximate surface area is 126 Å². The van der Waals surface area contributed by atoms with Crippen molar-refractivity contribution in [1.29, 1.82) is 0 Å². The Kier molecular flexibility index (Phi) is 6.79. The Hall–Kier alpha value is -0.120. The third kappa shape index (κ3) is 4.71. The van der Waals surface area contributed by atoms with E-state index in [2.05, 4.69) is 36.1 Å². The highest BCUT2D eigenvalue weighted by Gasteiger charge is 2.27. The number of piperidine rings is 1. The molecule has 0 amide bonds. The monoisotopic (exact) mass is 281 g/mol. The summed E-state index contributed by atoms with van der Waals surface area (Å²) in [6.07, 6.45) is 9.96. The Balaban J connectivity index is 1.79. The molecular weight excluding hydrogens is 246 g/mol. The molecule has 2 rings (SSSR count). The number of likely N-dealkylation sites (tertiary alicyclic amines) is 1. The summed E-state index contributed by atoms with van der Waals surface area (Å²) in [5.41, 5.74) is 0. The van der Waals surface area contributed by atoms with Gasteiger partial charge in [-0.15, -0.1) is 0 Å². The van der Waals surface area contributed by atoms with Crippen LogP contribution in [0.1, 0.15) is 51.9 Å². The summed E-state index contributed by atoms with van der Waals surface area (Å²) in [4.78, 5) is 5.11. The standard InChI is InChI=1S/C17H35N3/c1-4-18-17(15-8-6-5-7-9-15)14-20-12-10-16(11-13-20)19(2)3/h15-18H,4-14H2,1-3H3. The van der Waals surface area contributed by atoms with Crippen LogP contribution in [-0.2, 0) is 0 Å². The lowest BCUT2D eigenvalue weighted by Crippen LogP contribution is -2.50. The first-order valence-electron chi connectivity index (χ1n) is 8.83. The number of rotatable bonds is 6. The number of likely N-dealkylation sites (N-methyl/N-ethyl adjacent to an activating group) is 1. The van der Waals surface area contributed by atoms with Crippen molar-refractivity contribution in [2.75, 3.05) is 40.3 Å². The Morgan fingerprint density at radius 3 is 2.25 bits per heavy atom. The lowest BCUT2D eigenvalue weighted by molar-refractivity contribution is 0.119. The van der Waals surface area contributed by atoms with E-state index in [-0.39, 0.29) is 0 Å². The SMILES string of the molecule is CCNC(CN1CCC(N(C)C)CC1)C1CCCCC1. The second-order valence-corrected chi connectivity index (χ2v) is 7.06. The van der Waals surface area contributed by atoms with Gasteiger partial charge in [-0.3, -0.25) is 0 Å². The Bertz CT molecular complexity index is 253. The van der Waals surface area contributed by atoms with Crippen LogP contribution in [0.4, 0.5) is 0 Å². The molecule has 1 saturated carbocycles. The van der Waals surface area contributed by atoms with E-state index >= 15 is 0 Å². The van der Waals surface area contributed by atoms with Gasteiger partial charge in [0, 0.05) is 18.6 Å². The van der Waals surface area contributed by atoms with Crippen LogP contribution in [-0.4, -0.2) is 62.2 Å². The van der Waals surface area contributed by atoms with Gasteiger partial charge >= 0.3 is 0 Å². The molecule has 0 aromatic heterocycles. The molecule has 0 aromatic rings. The second-order valence-electron chi connectivity index (χ2n) is 7.06. The summed E-state index contributed by atoms with van der Waals surface area (Å²) in [5.74, 6) is 0.926. The lowest BCUT2D eigenvalue weighted by Gasteiger charge is -2.39. The van der Waals surface area contributed by atoms with Crippen molar-refractivity contribution in [3.63, 3.8) is 0 Å². The second kappa shape index (κ2) is 8.35. The minimum absolute atomic E-state index is 0.733. The summed E-state index contributed by atoms with van der Waals surface area (Å²) < 4.78 is 0. The molecule has 0 spiro atoms. The van der Waals surface area contributed by atoms with Crippen LogP contribution < -0.4 is 5.32 Å². The molecule has 1 saturated heterocycles. The van der Waals surface area contributed by atoms with Crippen molar-refractivity contribution in [1.82, 2.24) is 15.1 Å². The molecule has 1 N–H and O–H groups in total. The largest absolute Gasteiger partial charge is 0.313 e. The van der Waals surface area contributed by atoms with Crippen molar-refractivity contribution < 1.29 is 0 Å². The van der Waals surface area contributed by atoms with Gasteiger partial charge in [-0.1, -0.05) is 26.2 Å². The van der Waals surface area contributed by atoms with Gasteiger partial charge in [0.2, 0.25) is 0 Å². The van der Waals surface area contributed by atoms with Crippen molar-refractivity contribution in [2.24, 2.45) is 5.92 Å². The van der Waals surface area contributed by atoms with Crippen LogP contribution in [0.3, 0.4) is 0 Å². The molecule has 1 unspecified atom stereocenters. The summed E-state index contributed by atoms with van der Waals surface area (Å²) in [6, 6.07) is 1.54. The van der Waals surface area contributed by atoms with E-state index < -0.39 is 0 Å². The highest BCUT2D eigenvalue weighted by molar-refractivity contribution is 4.85. The fourth-order valence-corrected chi connectivity index (χ4v) is 4.08. The third-order valence-corrected chi connectivity index (χ3v) is 5.43. The zero-order valence-corrected chi connectivity index (χ0v) is 13.9. The fourth-order valence-electron chi connectivity index (χ4n) is 4.08. The first-order valence-corrected chi connectivity index (χ1v) is 8.83. The smallest absolute Gasteiger partial charge is 0.0223 e. The van der Waals surface area contributed by atoms with Crippen LogP contribution in [0.2, 0.25) is 0 Å². The summed E-state index contributed by atoms with van der Waals surface area (Å²) >= 11 is 0. The van der Waals surface area contributed by atoms with E-state index in [4.69, 9.17) is 0 Å². The first-order chi connectivity index (χ1) is 9.70. The van der Waals surface area contributed by atoms with Crippen LogP contribution in [0.25, 0.3) is 0 Å². The van der Waals surface area contributed by atoms with Crippen molar-refractivity contribution >= 4 is 0 Å². The average molecular weight is 281 g/mol. The van der Waals surface area contributed by atoms with Gasteiger partial charge in [-0.2, -0.15) is 0 Å². The lowest BCUT2D eigenvalue weighted by atomic mass is 9.83. The van der Waals surface area contributed by atoms with Gasteiger partial charge in [0.1, 0.15) is 0 Å². The van der Waals surface area contributed by atoms with E-state index in [1.807, 2.05) is 0 Å². The fraction of sp³-hybridized carbons (Fsp3) is 1.00. The molecule has 1 aliphatic heterocycles. The molecule has 1 heterocycles. The molecule has 2 aliphatic rings. The molecule has 3 heteroatoms. The summed E-state index contributed by atoms with van der Waals surface area (Å²) in [6.45, 7) is 7.23. The van der Waals surface area contributed by atoms with Crippen LogP contribution in [0, 0.1) is 5.92 Å². The molecular formula is C17H35N3. The molecule has 1 aliphatic carbocycles. The van der Waals surface area contributed by atoms with Crippen molar-refractivity contribution in [3.05, 3.63) is 0 Å². The van der Waals surface area contributed by atoms with Crippen molar-refractivity contribution in [2.45, 2.75) is 64.0 Å².